The van der Waals surface area contributed by atoms with Gasteiger partial charge >= 0.3 is 11.9 Å². The first-order valence-electron chi connectivity index (χ1n) is 13.8. The van der Waals surface area contributed by atoms with Gasteiger partial charge in [-0.1, -0.05) is 56.4 Å². The van der Waals surface area contributed by atoms with Gasteiger partial charge in [0, 0.05) is 18.8 Å². The van der Waals surface area contributed by atoms with E-state index in [0.717, 1.165) is 17.6 Å². The molecule has 206 valence electrons. The van der Waals surface area contributed by atoms with E-state index in [1.54, 1.807) is 6.08 Å². The summed E-state index contributed by atoms with van der Waals surface area (Å²) in [5.41, 5.74) is 1.92. The lowest BCUT2D eigenvalue weighted by molar-refractivity contribution is -0.165. The summed E-state index contributed by atoms with van der Waals surface area (Å²) in [5, 5.41) is 20.6. The Morgan fingerprint density at radius 3 is 2.76 bits per heavy atom. The molecule has 5 unspecified atom stereocenters. The van der Waals surface area contributed by atoms with Crippen molar-refractivity contribution in [1.29, 1.82) is 0 Å². The first kappa shape index (κ1) is 28.1. The Morgan fingerprint density at radius 2 is 2.03 bits per heavy atom. The lowest BCUT2D eigenvalue weighted by Gasteiger charge is -2.43. The second-order valence-corrected chi connectivity index (χ2v) is 10.8. The molecule has 1 aromatic rings. The average Bonchev–Trinajstić information content (AvgIpc) is 2.87. The molecule has 1 aliphatic heterocycles. The molecule has 0 bridgehead atoms. The number of esters is 2. The summed E-state index contributed by atoms with van der Waals surface area (Å²) in [6.07, 6.45) is 8.08. The normalized spacial score (nSPS) is 31.4. The Morgan fingerprint density at radius 1 is 1.24 bits per heavy atom. The van der Waals surface area contributed by atoms with Gasteiger partial charge in [0.1, 0.15) is 18.0 Å². The standard InChI is InChI=1S/C31H40O7/c1-4-8-20-9-6-7-10-27(20)37-26(5-2)31(35)38-28-17-22(32)15-21-12-11-19(3)25(30(21)28)14-13-24-16-23(33)18-29(34)36-24/h4,6-7,9-12,15,19,22-26,28,30,32-33H,1,5,8,13-14,16-18H2,2-3H3/t19?,22?,23-,24-,25?,26+,28?,30?/m1/s1. The van der Waals surface area contributed by atoms with E-state index in [1.807, 2.05) is 43.3 Å². The smallest absolute Gasteiger partial charge is 0.347 e. The summed E-state index contributed by atoms with van der Waals surface area (Å²) in [5.74, 6) is 0.0859. The zero-order valence-electron chi connectivity index (χ0n) is 22.3. The van der Waals surface area contributed by atoms with Crippen LogP contribution in [0, 0.1) is 17.8 Å². The van der Waals surface area contributed by atoms with Gasteiger partial charge in [-0.3, -0.25) is 4.79 Å². The Hall–Kier alpha value is -2.90. The first-order valence-corrected chi connectivity index (χ1v) is 13.8. The lowest BCUT2D eigenvalue weighted by Crippen LogP contribution is -2.44. The molecule has 0 saturated carbocycles. The van der Waals surface area contributed by atoms with Crippen LogP contribution >= 0.6 is 0 Å². The third-order valence-corrected chi connectivity index (χ3v) is 7.94. The number of fused-ring (bicyclic) bond motifs is 1. The number of cyclic esters (lactones) is 1. The number of allylic oxidation sites excluding steroid dienone is 3. The van der Waals surface area contributed by atoms with Gasteiger partial charge in [0.05, 0.1) is 18.6 Å². The third-order valence-electron chi connectivity index (χ3n) is 7.94. The molecule has 7 heteroatoms. The molecule has 38 heavy (non-hydrogen) atoms. The fourth-order valence-corrected chi connectivity index (χ4v) is 6.02. The number of benzene rings is 1. The second kappa shape index (κ2) is 12.8. The van der Waals surface area contributed by atoms with Crippen LogP contribution < -0.4 is 4.74 Å². The Bertz CT molecular complexity index is 1060. The van der Waals surface area contributed by atoms with E-state index in [2.05, 4.69) is 19.6 Å². The Labute approximate surface area is 225 Å². The van der Waals surface area contributed by atoms with Crippen LogP contribution in [0.15, 0.2) is 60.7 Å². The summed E-state index contributed by atoms with van der Waals surface area (Å²) in [6.45, 7) is 7.82. The van der Waals surface area contributed by atoms with Crippen molar-refractivity contribution in [2.24, 2.45) is 17.8 Å². The van der Waals surface area contributed by atoms with E-state index >= 15 is 0 Å². The van der Waals surface area contributed by atoms with E-state index in [0.29, 0.717) is 37.9 Å². The number of aliphatic hydroxyl groups is 2. The van der Waals surface area contributed by atoms with Crippen molar-refractivity contribution < 1.29 is 34.0 Å². The fraction of sp³-hybridized carbons (Fsp3) is 0.548. The number of hydrogen-bond donors (Lipinski definition) is 2. The number of carbonyl (C=O) groups excluding carboxylic acids is 2. The van der Waals surface area contributed by atoms with Gasteiger partial charge in [-0.25, -0.2) is 4.79 Å². The predicted molar refractivity (Wildman–Crippen MR) is 143 cm³/mol. The third kappa shape index (κ3) is 6.75. The number of aliphatic hydroxyl groups excluding tert-OH is 2. The highest BCUT2D eigenvalue weighted by Crippen LogP contribution is 2.44. The first-order chi connectivity index (χ1) is 18.3. The molecule has 1 saturated heterocycles. The second-order valence-electron chi connectivity index (χ2n) is 10.8. The maximum atomic E-state index is 13.4. The molecule has 0 radical (unpaired) electrons. The number of rotatable bonds is 10. The minimum absolute atomic E-state index is 0.0449. The van der Waals surface area contributed by atoms with Crippen molar-refractivity contribution in [3.8, 4) is 5.75 Å². The van der Waals surface area contributed by atoms with Crippen LogP contribution in [0.3, 0.4) is 0 Å². The van der Waals surface area contributed by atoms with Gasteiger partial charge in [0.2, 0.25) is 0 Å². The molecule has 1 heterocycles. The average molecular weight is 525 g/mol. The van der Waals surface area contributed by atoms with E-state index in [1.165, 1.54) is 0 Å². The van der Waals surface area contributed by atoms with Crippen LogP contribution in [0.1, 0.15) is 57.9 Å². The van der Waals surface area contributed by atoms with Gasteiger partial charge in [0.15, 0.2) is 6.10 Å². The molecular formula is C31H40O7. The highest BCUT2D eigenvalue weighted by molar-refractivity contribution is 5.75. The quantitative estimate of drug-likeness (QED) is 0.344. The van der Waals surface area contributed by atoms with Crippen LogP contribution in [-0.4, -0.2) is 52.7 Å². The van der Waals surface area contributed by atoms with Crippen molar-refractivity contribution in [2.45, 2.75) is 89.3 Å². The van der Waals surface area contributed by atoms with Gasteiger partial charge in [-0.2, -0.15) is 0 Å². The number of ether oxygens (including phenoxy) is 3. The summed E-state index contributed by atoms with van der Waals surface area (Å²) >= 11 is 0. The summed E-state index contributed by atoms with van der Waals surface area (Å²) < 4.78 is 17.7. The van der Waals surface area contributed by atoms with Crippen LogP contribution in [0.4, 0.5) is 0 Å². The number of hydrogen-bond acceptors (Lipinski definition) is 7. The van der Waals surface area contributed by atoms with E-state index < -0.39 is 30.4 Å². The van der Waals surface area contributed by atoms with Gasteiger partial charge in [0.25, 0.3) is 0 Å². The molecular weight excluding hydrogens is 484 g/mol. The molecule has 3 aliphatic rings. The highest BCUT2D eigenvalue weighted by Gasteiger charge is 2.43. The molecule has 7 nitrogen and oxygen atoms in total. The minimum Gasteiger partial charge on any atom is -0.478 e. The zero-order chi connectivity index (χ0) is 27.2. The van der Waals surface area contributed by atoms with Crippen LogP contribution in [-0.2, 0) is 25.5 Å². The van der Waals surface area contributed by atoms with Crippen molar-refractivity contribution in [3.05, 3.63) is 66.3 Å². The molecule has 0 amide bonds. The molecule has 2 aliphatic carbocycles. The number of para-hydroxylation sites is 1. The van der Waals surface area contributed by atoms with Crippen molar-refractivity contribution in [1.82, 2.24) is 0 Å². The van der Waals surface area contributed by atoms with E-state index in [-0.39, 0.29) is 36.2 Å². The van der Waals surface area contributed by atoms with Crippen LogP contribution in [0.5, 0.6) is 5.75 Å². The van der Waals surface area contributed by atoms with Gasteiger partial charge < -0.3 is 24.4 Å². The minimum atomic E-state index is -0.773. The van der Waals surface area contributed by atoms with Crippen molar-refractivity contribution in [3.63, 3.8) is 0 Å². The Balaban J connectivity index is 1.48. The van der Waals surface area contributed by atoms with Crippen molar-refractivity contribution in [2.75, 3.05) is 0 Å². The molecule has 0 spiro atoms. The molecule has 0 aromatic heterocycles. The molecule has 4 rings (SSSR count). The van der Waals surface area contributed by atoms with Crippen LogP contribution in [0.25, 0.3) is 0 Å². The summed E-state index contributed by atoms with van der Waals surface area (Å²) in [4.78, 5) is 25.2. The zero-order valence-corrected chi connectivity index (χ0v) is 22.3. The van der Waals surface area contributed by atoms with Gasteiger partial charge in [-0.05, 0) is 54.7 Å². The fourth-order valence-electron chi connectivity index (χ4n) is 6.02. The maximum absolute atomic E-state index is 13.4. The van der Waals surface area contributed by atoms with E-state index in [9.17, 15) is 19.8 Å². The summed E-state index contributed by atoms with van der Waals surface area (Å²) in [6, 6.07) is 7.60. The monoisotopic (exact) mass is 524 g/mol. The lowest BCUT2D eigenvalue weighted by atomic mass is 9.66. The van der Waals surface area contributed by atoms with E-state index in [4.69, 9.17) is 14.2 Å². The van der Waals surface area contributed by atoms with Crippen LogP contribution in [0.2, 0.25) is 0 Å². The maximum Gasteiger partial charge on any atom is 0.347 e. The highest BCUT2D eigenvalue weighted by atomic mass is 16.6. The summed E-state index contributed by atoms with van der Waals surface area (Å²) in [7, 11) is 0. The Kier molecular flexibility index (Phi) is 9.44. The van der Waals surface area contributed by atoms with Gasteiger partial charge in [-0.15, -0.1) is 6.58 Å². The molecule has 2 N–H and O–H groups in total. The predicted octanol–water partition coefficient (Wildman–Crippen LogP) is 4.46. The molecule has 8 atom stereocenters. The molecule has 1 fully saturated rings. The topological polar surface area (TPSA) is 102 Å². The molecule has 1 aromatic carbocycles. The SMILES string of the molecule is C=CCc1ccccc1O[C@@H](CC)C(=O)OC1CC(O)C=C2C=CC(C)C(CC[C@@H]3C[C@@H](O)CC(=O)O3)C21. The number of carbonyl (C=O) groups is 2. The van der Waals surface area contributed by atoms with Crippen molar-refractivity contribution >= 4 is 11.9 Å². The largest absolute Gasteiger partial charge is 0.478 e.